The van der Waals surface area contributed by atoms with E-state index in [9.17, 15) is 4.79 Å². The minimum Gasteiger partial charge on any atom is -0.483 e. The summed E-state index contributed by atoms with van der Waals surface area (Å²) in [6.07, 6.45) is 1.31. The van der Waals surface area contributed by atoms with Crippen molar-refractivity contribution in [3.63, 3.8) is 0 Å². The Hall–Kier alpha value is -3.17. The smallest absolute Gasteiger partial charge is 0.239 e. The molecule has 0 aliphatic rings. The van der Waals surface area contributed by atoms with Crippen molar-refractivity contribution in [1.29, 1.82) is 0 Å². The lowest BCUT2D eigenvalue weighted by atomic mass is 10.3. The second-order valence-electron chi connectivity index (χ2n) is 6.67. The molecule has 0 aliphatic heterocycles. The molecule has 0 saturated carbocycles. The molecule has 2 atom stereocenters. The molecular weight excluding hydrogens is 430 g/mol. The van der Waals surface area contributed by atoms with Gasteiger partial charge in [-0.1, -0.05) is 48.2 Å². The Morgan fingerprint density at radius 3 is 2.45 bits per heavy atom. The van der Waals surface area contributed by atoms with E-state index in [1.807, 2.05) is 84.5 Å². The minimum absolute atomic E-state index is 0.141. The maximum Gasteiger partial charge on any atom is 0.239 e. The van der Waals surface area contributed by atoms with Gasteiger partial charge in [0.2, 0.25) is 5.91 Å². The Bertz CT molecular complexity index is 1120. The highest BCUT2D eigenvalue weighted by molar-refractivity contribution is 8.00. The van der Waals surface area contributed by atoms with Crippen LogP contribution in [0.3, 0.4) is 0 Å². The zero-order valence-corrected chi connectivity index (χ0v) is 18.6. The molecule has 7 nitrogen and oxygen atoms in total. The van der Waals surface area contributed by atoms with Crippen molar-refractivity contribution in [3.8, 4) is 11.4 Å². The van der Waals surface area contributed by atoms with Crippen LogP contribution in [0.5, 0.6) is 5.75 Å². The predicted octanol–water partition coefficient (Wildman–Crippen LogP) is 4.98. The maximum atomic E-state index is 12.6. The number of anilines is 1. The van der Waals surface area contributed by atoms with E-state index >= 15 is 0 Å². The largest absolute Gasteiger partial charge is 0.483 e. The van der Waals surface area contributed by atoms with Crippen molar-refractivity contribution in [2.45, 2.75) is 30.4 Å². The van der Waals surface area contributed by atoms with E-state index in [2.05, 4.69) is 20.5 Å². The first kappa shape index (κ1) is 21.1. The Morgan fingerprint density at radius 1 is 1.06 bits per heavy atom. The molecule has 1 amide bonds. The van der Waals surface area contributed by atoms with Crippen LogP contribution in [0.2, 0.25) is 0 Å². The molecule has 4 rings (SSSR count). The minimum atomic E-state index is -0.395. The third-order valence-corrected chi connectivity index (χ3v) is 6.14. The highest BCUT2D eigenvalue weighted by atomic mass is 32.2. The normalized spacial score (nSPS) is 12.8. The number of ether oxygens (including phenoxy) is 1. The van der Waals surface area contributed by atoms with Gasteiger partial charge in [0.25, 0.3) is 0 Å². The lowest BCUT2D eigenvalue weighted by Crippen LogP contribution is -2.23. The third kappa shape index (κ3) is 5.12. The summed E-state index contributed by atoms with van der Waals surface area (Å²) >= 11 is 2.72. The summed E-state index contributed by atoms with van der Waals surface area (Å²) in [7, 11) is 0. The van der Waals surface area contributed by atoms with Gasteiger partial charge in [0, 0.05) is 17.3 Å². The number of nitrogens with zero attached hydrogens (tertiary/aromatic N) is 4. The number of thiazole rings is 1. The quantitative estimate of drug-likeness (QED) is 0.380. The van der Waals surface area contributed by atoms with Crippen molar-refractivity contribution < 1.29 is 9.53 Å². The summed E-state index contributed by atoms with van der Waals surface area (Å²) < 4.78 is 8.02. The van der Waals surface area contributed by atoms with Gasteiger partial charge in [-0.15, -0.1) is 21.5 Å². The van der Waals surface area contributed by atoms with Gasteiger partial charge in [-0.05, 0) is 38.1 Å². The van der Waals surface area contributed by atoms with Crippen molar-refractivity contribution in [2.24, 2.45) is 0 Å². The molecule has 2 heterocycles. The first-order valence-electron chi connectivity index (χ1n) is 9.71. The zero-order chi connectivity index (χ0) is 21.6. The zero-order valence-electron chi connectivity index (χ0n) is 17.0. The van der Waals surface area contributed by atoms with Gasteiger partial charge in [-0.3, -0.25) is 9.36 Å². The number of hydrogen-bond acceptors (Lipinski definition) is 7. The highest BCUT2D eigenvalue weighted by Crippen LogP contribution is 2.30. The molecule has 0 saturated heterocycles. The van der Waals surface area contributed by atoms with Gasteiger partial charge in [-0.2, -0.15) is 0 Å². The monoisotopic (exact) mass is 451 g/mol. The SMILES string of the molecule is C[C@@H](Sc1nnc([C@@H](C)Oc2ccccc2)n1-c1ccccc1)C(=O)Nc1nccs1. The standard InChI is InChI=1S/C22H21N5O2S2/c1-15(29-18-11-7-4-8-12-18)19-25-26-22(27(19)17-9-5-3-6-10-17)31-16(2)20(28)24-21-23-13-14-30-21/h3-16H,1-2H3,(H,23,24,28)/t15-,16-/m1/s1. The molecule has 9 heteroatoms. The highest BCUT2D eigenvalue weighted by Gasteiger charge is 2.24. The molecule has 31 heavy (non-hydrogen) atoms. The van der Waals surface area contributed by atoms with Crippen LogP contribution in [-0.2, 0) is 4.79 Å². The molecule has 0 fully saturated rings. The number of amides is 1. The number of rotatable bonds is 8. The summed E-state index contributed by atoms with van der Waals surface area (Å²) in [4.78, 5) is 16.7. The number of carbonyl (C=O) groups excluding carboxylic acids is 1. The molecular formula is C22H21N5O2S2. The fraction of sp³-hybridized carbons (Fsp3) is 0.182. The first-order valence-corrected chi connectivity index (χ1v) is 11.5. The molecule has 0 aliphatic carbocycles. The summed E-state index contributed by atoms with van der Waals surface area (Å²) in [5.74, 6) is 1.27. The van der Waals surface area contributed by atoms with Crippen LogP contribution >= 0.6 is 23.1 Å². The van der Waals surface area contributed by atoms with Crippen LogP contribution in [0, 0.1) is 0 Å². The Balaban J connectivity index is 1.59. The van der Waals surface area contributed by atoms with Crippen LogP contribution < -0.4 is 10.1 Å². The fourth-order valence-electron chi connectivity index (χ4n) is 2.90. The van der Waals surface area contributed by atoms with E-state index in [1.54, 1.807) is 6.20 Å². The molecule has 0 unspecified atom stereocenters. The average molecular weight is 452 g/mol. The van der Waals surface area contributed by atoms with E-state index in [-0.39, 0.29) is 12.0 Å². The van der Waals surface area contributed by atoms with E-state index in [4.69, 9.17) is 4.74 Å². The van der Waals surface area contributed by atoms with Gasteiger partial charge in [0.05, 0.1) is 5.25 Å². The van der Waals surface area contributed by atoms with Crippen LogP contribution in [0.15, 0.2) is 77.4 Å². The number of hydrogen-bond donors (Lipinski definition) is 1. The molecule has 2 aromatic heterocycles. The first-order chi connectivity index (χ1) is 15.1. The molecule has 158 valence electrons. The van der Waals surface area contributed by atoms with Crippen molar-refractivity contribution in [3.05, 3.63) is 78.1 Å². The van der Waals surface area contributed by atoms with Gasteiger partial charge in [0.1, 0.15) is 5.75 Å². The second-order valence-corrected chi connectivity index (χ2v) is 8.87. The second kappa shape index (κ2) is 9.76. The number of para-hydroxylation sites is 2. The van der Waals surface area contributed by atoms with Crippen LogP contribution in [0.1, 0.15) is 25.8 Å². The van der Waals surface area contributed by atoms with Crippen molar-refractivity contribution in [1.82, 2.24) is 19.7 Å². The molecule has 0 spiro atoms. The molecule has 0 radical (unpaired) electrons. The van der Waals surface area contributed by atoms with E-state index in [0.29, 0.717) is 16.1 Å². The molecule has 1 N–H and O–H groups in total. The number of thioether (sulfide) groups is 1. The molecule has 0 bridgehead atoms. The third-order valence-electron chi connectivity index (χ3n) is 4.41. The van der Waals surface area contributed by atoms with Crippen LogP contribution in [0.25, 0.3) is 5.69 Å². The maximum absolute atomic E-state index is 12.6. The summed E-state index contributed by atoms with van der Waals surface area (Å²) in [6, 6.07) is 19.4. The number of carbonyl (C=O) groups is 1. The summed E-state index contributed by atoms with van der Waals surface area (Å²) in [6.45, 7) is 3.77. The number of nitrogens with one attached hydrogen (secondary N) is 1. The number of aromatic nitrogens is 4. The van der Waals surface area contributed by atoms with Crippen LogP contribution in [0.4, 0.5) is 5.13 Å². The van der Waals surface area contributed by atoms with E-state index < -0.39 is 5.25 Å². The average Bonchev–Trinajstić information content (AvgIpc) is 3.45. The van der Waals surface area contributed by atoms with Crippen molar-refractivity contribution in [2.75, 3.05) is 5.32 Å². The Labute approximate surface area is 188 Å². The summed E-state index contributed by atoms with van der Waals surface area (Å²) in [5, 5.41) is 14.2. The molecule has 2 aromatic carbocycles. The van der Waals surface area contributed by atoms with Gasteiger partial charge in [-0.25, -0.2) is 4.98 Å². The van der Waals surface area contributed by atoms with E-state index in [0.717, 1.165) is 11.4 Å². The fourth-order valence-corrected chi connectivity index (χ4v) is 4.31. The Morgan fingerprint density at radius 2 is 1.77 bits per heavy atom. The van der Waals surface area contributed by atoms with Gasteiger partial charge >= 0.3 is 0 Å². The predicted molar refractivity (Wildman–Crippen MR) is 123 cm³/mol. The Kier molecular flexibility index (Phi) is 6.63. The number of benzene rings is 2. The lowest BCUT2D eigenvalue weighted by molar-refractivity contribution is -0.115. The summed E-state index contributed by atoms with van der Waals surface area (Å²) in [5.41, 5.74) is 0.904. The lowest BCUT2D eigenvalue weighted by Gasteiger charge is -2.17. The van der Waals surface area contributed by atoms with E-state index in [1.165, 1.54) is 23.1 Å². The molecule has 4 aromatic rings. The van der Waals surface area contributed by atoms with Crippen LogP contribution in [-0.4, -0.2) is 30.9 Å². The van der Waals surface area contributed by atoms with Gasteiger partial charge < -0.3 is 10.1 Å². The van der Waals surface area contributed by atoms with Crippen molar-refractivity contribution >= 4 is 34.1 Å². The van der Waals surface area contributed by atoms with Gasteiger partial charge in [0.15, 0.2) is 22.2 Å². The topological polar surface area (TPSA) is 81.9 Å².